The Labute approximate surface area is 81.2 Å². The van der Waals surface area contributed by atoms with Gasteiger partial charge >= 0.3 is 5.97 Å². The number of aryl methyl sites for hydroxylation is 1. The van der Waals surface area contributed by atoms with Crippen LogP contribution in [0, 0.1) is 0 Å². The van der Waals surface area contributed by atoms with Crippen LogP contribution in [-0.4, -0.2) is 21.2 Å². The summed E-state index contributed by atoms with van der Waals surface area (Å²) in [6.45, 7) is 0. The summed E-state index contributed by atoms with van der Waals surface area (Å²) in [5, 5.41) is 18.3. The van der Waals surface area contributed by atoms with Gasteiger partial charge in [-0.2, -0.15) is 0 Å². The minimum Gasteiger partial charge on any atom is -0.478 e. The first-order valence-corrected chi connectivity index (χ1v) is 4.58. The molecule has 0 aromatic carbocycles. The lowest BCUT2D eigenvalue weighted by molar-refractivity contribution is 0.0695. The fraction of sp³-hybridized carbons (Fsp3) is 0.400. The standard InChI is InChI=1S/C10H11NO3/c12-8-3-1-2-6-4-7(10(13)14)5-11-9(6)8/h4-5,8,12H,1-3H2,(H,13,14). The van der Waals surface area contributed by atoms with Crippen LogP contribution in [0.3, 0.4) is 0 Å². The van der Waals surface area contributed by atoms with Crippen molar-refractivity contribution in [1.29, 1.82) is 0 Å². The maximum absolute atomic E-state index is 10.7. The molecule has 1 aromatic heterocycles. The molecule has 74 valence electrons. The molecule has 2 rings (SSSR count). The average Bonchev–Trinajstić information content (AvgIpc) is 2.17. The van der Waals surface area contributed by atoms with Gasteiger partial charge in [0.2, 0.25) is 0 Å². The van der Waals surface area contributed by atoms with Crippen molar-refractivity contribution in [3.8, 4) is 0 Å². The quantitative estimate of drug-likeness (QED) is 0.701. The van der Waals surface area contributed by atoms with Gasteiger partial charge in [-0.1, -0.05) is 0 Å². The highest BCUT2D eigenvalue weighted by atomic mass is 16.4. The van der Waals surface area contributed by atoms with Crippen LogP contribution < -0.4 is 0 Å². The molecule has 1 unspecified atom stereocenters. The monoisotopic (exact) mass is 193 g/mol. The minimum atomic E-state index is -0.972. The van der Waals surface area contributed by atoms with Crippen molar-refractivity contribution in [2.24, 2.45) is 0 Å². The Balaban J connectivity index is 2.44. The van der Waals surface area contributed by atoms with Crippen LogP contribution in [0.1, 0.15) is 40.6 Å². The molecule has 0 radical (unpaired) electrons. The van der Waals surface area contributed by atoms with Crippen LogP contribution >= 0.6 is 0 Å². The summed E-state index contributed by atoms with van der Waals surface area (Å²) >= 11 is 0. The molecule has 0 bridgehead atoms. The Bertz CT molecular complexity index is 376. The van der Waals surface area contributed by atoms with E-state index in [1.165, 1.54) is 6.20 Å². The van der Waals surface area contributed by atoms with Gasteiger partial charge in [-0.3, -0.25) is 4.98 Å². The van der Waals surface area contributed by atoms with Crippen LogP contribution in [0.2, 0.25) is 0 Å². The third kappa shape index (κ3) is 1.48. The van der Waals surface area contributed by atoms with Crippen molar-refractivity contribution in [2.45, 2.75) is 25.4 Å². The molecule has 0 aliphatic heterocycles. The van der Waals surface area contributed by atoms with Gasteiger partial charge in [-0.25, -0.2) is 4.79 Å². The topological polar surface area (TPSA) is 70.4 Å². The molecule has 0 saturated carbocycles. The zero-order valence-electron chi connectivity index (χ0n) is 7.60. The van der Waals surface area contributed by atoms with Crippen molar-refractivity contribution < 1.29 is 15.0 Å². The molecule has 1 aliphatic carbocycles. The van der Waals surface area contributed by atoms with Crippen molar-refractivity contribution in [2.75, 3.05) is 0 Å². The fourth-order valence-corrected chi connectivity index (χ4v) is 1.76. The molecule has 4 nitrogen and oxygen atoms in total. The molecule has 0 fully saturated rings. The molecule has 4 heteroatoms. The lowest BCUT2D eigenvalue weighted by Crippen LogP contribution is -2.13. The van der Waals surface area contributed by atoms with Gasteiger partial charge in [0.05, 0.1) is 17.4 Å². The van der Waals surface area contributed by atoms with E-state index in [4.69, 9.17) is 5.11 Å². The Morgan fingerprint density at radius 3 is 3.07 bits per heavy atom. The molecule has 1 aromatic rings. The van der Waals surface area contributed by atoms with Gasteiger partial charge in [-0.05, 0) is 30.9 Å². The fourth-order valence-electron chi connectivity index (χ4n) is 1.76. The summed E-state index contributed by atoms with van der Waals surface area (Å²) in [6.07, 6.45) is 3.18. The number of nitrogens with zero attached hydrogens (tertiary/aromatic N) is 1. The zero-order chi connectivity index (χ0) is 10.1. The number of aliphatic hydroxyl groups is 1. The number of rotatable bonds is 1. The predicted octanol–water partition coefficient (Wildman–Crippen LogP) is 1.15. The number of aromatic carboxylic acids is 1. The van der Waals surface area contributed by atoms with E-state index in [1.54, 1.807) is 6.07 Å². The van der Waals surface area contributed by atoms with Crippen LogP contribution in [-0.2, 0) is 6.42 Å². The van der Waals surface area contributed by atoms with Gasteiger partial charge in [-0.15, -0.1) is 0 Å². The zero-order valence-corrected chi connectivity index (χ0v) is 7.60. The molecular formula is C10H11NO3. The number of carboxylic acid groups (broad SMARTS) is 1. The molecule has 0 spiro atoms. The highest BCUT2D eigenvalue weighted by Crippen LogP contribution is 2.27. The molecule has 2 N–H and O–H groups in total. The molecule has 0 amide bonds. The molecule has 14 heavy (non-hydrogen) atoms. The number of aliphatic hydroxyl groups excluding tert-OH is 1. The van der Waals surface area contributed by atoms with Gasteiger partial charge < -0.3 is 10.2 Å². The summed E-state index contributed by atoms with van der Waals surface area (Å²) in [6, 6.07) is 1.60. The largest absolute Gasteiger partial charge is 0.478 e. The second-order valence-electron chi connectivity index (χ2n) is 3.48. The Morgan fingerprint density at radius 2 is 2.36 bits per heavy atom. The number of fused-ring (bicyclic) bond motifs is 1. The maximum atomic E-state index is 10.7. The number of hydrogen-bond donors (Lipinski definition) is 2. The number of carboxylic acids is 1. The summed E-state index contributed by atoms with van der Waals surface area (Å²) in [7, 11) is 0. The van der Waals surface area contributed by atoms with E-state index in [9.17, 15) is 9.90 Å². The minimum absolute atomic E-state index is 0.192. The van der Waals surface area contributed by atoms with Crippen molar-refractivity contribution in [3.63, 3.8) is 0 Å². The molecular weight excluding hydrogens is 182 g/mol. The van der Waals surface area contributed by atoms with E-state index in [0.717, 1.165) is 18.4 Å². The van der Waals surface area contributed by atoms with Gasteiger partial charge in [0, 0.05) is 6.20 Å². The predicted molar refractivity (Wildman–Crippen MR) is 49.1 cm³/mol. The van der Waals surface area contributed by atoms with Crippen LogP contribution in [0.25, 0.3) is 0 Å². The van der Waals surface area contributed by atoms with Gasteiger partial charge in [0.15, 0.2) is 0 Å². The van der Waals surface area contributed by atoms with E-state index >= 15 is 0 Å². The number of pyridine rings is 1. The number of carbonyl (C=O) groups is 1. The second-order valence-corrected chi connectivity index (χ2v) is 3.48. The summed E-state index contributed by atoms with van der Waals surface area (Å²) in [4.78, 5) is 14.7. The van der Waals surface area contributed by atoms with E-state index in [1.807, 2.05) is 0 Å². The highest BCUT2D eigenvalue weighted by Gasteiger charge is 2.20. The summed E-state index contributed by atoms with van der Waals surface area (Å²) in [5.41, 5.74) is 1.70. The first-order valence-electron chi connectivity index (χ1n) is 4.58. The molecule has 0 saturated heterocycles. The molecule has 1 atom stereocenters. The first-order chi connectivity index (χ1) is 6.68. The molecule has 1 heterocycles. The van der Waals surface area contributed by atoms with Crippen molar-refractivity contribution >= 4 is 5.97 Å². The Morgan fingerprint density at radius 1 is 1.57 bits per heavy atom. The van der Waals surface area contributed by atoms with Crippen molar-refractivity contribution in [1.82, 2.24) is 4.98 Å². The SMILES string of the molecule is O=C(O)c1cnc2c(c1)CCCC2O. The van der Waals surface area contributed by atoms with E-state index in [2.05, 4.69) is 4.98 Å². The van der Waals surface area contributed by atoms with Crippen LogP contribution in [0.5, 0.6) is 0 Å². The first kappa shape index (κ1) is 9.15. The smallest absolute Gasteiger partial charge is 0.337 e. The van der Waals surface area contributed by atoms with Crippen molar-refractivity contribution in [3.05, 3.63) is 29.1 Å². The Kier molecular flexibility index (Phi) is 2.21. The normalized spacial score (nSPS) is 20.2. The van der Waals surface area contributed by atoms with E-state index < -0.39 is 12.1 Å². The second kappa shape index (κ2) is 3.38. The number of hydrogen-bond acceptors (Lipinski definition) is 3. The van der Waals surface area contributed by atoms with E-state index in [-0.39, 0.29) is 5.56 Å². The average molecular weight is 193 g/mol. The summed E-state index contributed by atoms with van der Waals surface area (Å²) in [5.74, 6) is -0.972. The maximum Gasteiger partial charge on any atom is 0.337 e. The third-order valence-corrected chi connectivity index (χ3v) is 2.49. The number of aromatic nitrogens is 1. The van der Waals surface area contributed by atoms with E-state index in [0.29, 0.717) is 12.1 Å². The third-order valence-electron chi connectivity index (χ3n) is 2.49. The highest BCUT2D eigenvalue weighted by molar-refractivity contribution is 5.87. The van der Waals surface area contributed by atoms with Gasteiger partial charge in [0.1, 0.15) is 0 Å². The van der Waals surface area contributed by atoms with Gasteiger partial charge in [0.25, 0.3) is 0 Å². The molecule has 1 aliphatic rings. The van der Waals surface area contributed by atoms with Crippen LogP contribution in [0.15, 0.2) is 12.3 Å². The Hall–Kier alpha value is -1.42. The van der Waals surface area contributed by atoms with Crippen LogP contribution in [0.4, 0.5) is 0 Å². The lowest BCUT2D eigenvalue weighted by atomic mass is 9.93. The summed E-state index contributed by atoms with van der Waals surface area (Å²) < 4.78 is 0. The lowest BCUT2D eigenvalue weighted by Gasteiger charge is -2.19.